The fraction of sp³-hybridized carbons (Fsp3) is 0.750. The molecule has 1 aliphatic rings. The minimum absolute atomic E-state index is 0.0641. The van der Waals surface area contributed by atoms with Crippen LogP contribution < -0.4 is 0 Å². The van der Waals surface area contributed by atoms with Gasteiger partial charge >= 0.3 is 12.1 Å². The van der Waals surface area contributed by atoms with Crippen LogP contribution in [0.2, 0.25) is 0 Å². The summed E-state index contributed by atoms with van der Waals surface area (Å²) in [5.41, 5.74) is -0.517. The SMILES string of the molecule is CC(C)(C)N1C(=O)OCC1C(=O)O. The van der Waals surface area contributed by atoms with Crippen LogP contribution in [-0.4, -0.2) is 40.3 Å². The molecule has 0 aromatic rings. The lowest BCUT2D eigenvalue weighted by atomic mass is 10.0. The van der Waals surface area contributed by atoms with Crippen LogP contribution in [0.4, 0.5) is 4.79 Å². The fourth-order valence-electron chi connectivity index (χ4n) is 1.34. The van der Waals surface area contributed by atoms with Crippen LogP contribution in [0.15, 0.2) is 0 Å². The van der Waals surface area contributed by atoms with Crippen molar-refractivity contribution in [2.24, 2.45) is 0 Å². The molecule has 5 heteroatoms. The van der Waals surface area contributed by atoms with Crippen molar-refractivity contribution in [3.8, 4) is 0 Å². The molecule has 1 rings (SSSR count). The number of cyclic esters (lactones) is 1. The summed E-state index contributed by atoms with van der Waals surface area (Å²) >= 11 is 0. The summed E-state index contributed by atoms with van der Waals surface area (Å²) in [4.78, 5) is 23.2. The summed E-state index contributed by atoms with van der Waals surface area (Å²) in [5, 5.41) is 8.79. The molecule has 1 fully saturated rings. The standard InChI is InChI=1S/C8H13NO4/c1-8(2,3)9-5(6(10)11)4-13-7(9)12/h5H,4H2,1-3H3,(H,10,11). The van der Waals surface area contributed by atoms with E-state index in [1.807, 2.05) is 0 Å². The van der Waals surface area contributed by atoms with Crippen molar-refractivity contribution in [1.82, 2.24) is 4.90 Å². The summed E-state index contributed by atoms with van der Waals surface area (Å²) in [6, 6.07) is -0.854. The Morgan fingerprint density at radius 1 is 1.62 bits per heavy atom. The number of amides is 1. The van der Waals surface area contributed by atoms with E-state index in [0.29, 0.717) is 0 Å². The van der Waals surface area contributed by atoms with Gasteiger partial charge in [-0.25, -0.2) is 9.59 Å². The highest BCUT2D eigenvalue weighted by molar-refractivity contribution is 5.83. The first kappa shape index (κ1) is 9.83. The number of hydrogen-bond acceptors (Lipinski definition) is 3. The molecule has 0 aliphatic carbocycles. The molecule has 5 nitrogen and oxygen atoms in total. The Morgan fingerprint density at radius 2 is 2.15 bits per heavy atom. The minimum Gasteiger partial charge on any atom is -0.480 e. The average molecular weight is 187 g/mol. The molecule has 0 aromatic heterocycles. The lowest BCUT2D eigenvalue weighted by Crippen LogP contribution is -2.50. The molecule has 1 amide bonds. The van der Waals surface area contributed by atoms with Gasteiger partial charge in [0, 0.05) is 5.54 Å². The minimum atomic E-state index is -1.03. The molecule has 0 saturated carbocycles. The van der Waals surface area contributed by atoms with E-state index in [0.717, 1.165) is 0 Å². The molecule has 1 heterocycles. The number of nitrogens with zero attached hydrogens (tertiary/aromatic N) is 1. The van der Waals surface area contributed by atoms with E-state index >= 15 is 0 Å². The second kappa shape index (κ2) is 2.90. The number of ether oxygens (including phenoxy) is 1. The Labute approximate surface area is 76.3 Å². The number of carboxylic acid groups (broad SMARTS) is 1. The van der Waals surface area contributed by atoms with Crippen molar-refractivity contribution >= 4 is 12.1 Å². The zero-order valence-corrected chi connectivity index (χ0v) is 7.90. The molecule has 1 N–H and O–H groups in total. The second-order valence-corrected chi connectivity index (χ2v) is 3.97. The first-order valence-electron chi connectivity index (χ1n) is 4.03. The van der Waals surface area contributed by atoms with E-state index in [1.54, 1.807) is 20.8 Å². The predicted molar refractivity (Wildman–Crippen MR) is 44.4 cm³/mol. The molecule has 1 saturated heterocycles. The summed E-state index contributed by atoms with van der Waals surface area (Å²) < 4.78 is 4.67. The van der Waals surface area contributed by atoms with Gasteiger partial charge in [-0.2, -0.15) is 0 Å². The van der Waals surface area contributed by atoms with Gasteiger partial charge in [-0.05, 0) is 20.8 Å². The predicted octanol–water partition coefficient (Wildman–Crippen LogP) is 0.690. The summed E-state index contributed by atoms with van der Waals surface area (Å²) in [6.07, 6.45) is -0.556. The number of hydrogen-bond donors (Lipinski definition) is 1. The van der Waals surface area contributed by atoms with Gasteiger partial charge in [0.1, 0.15) is 6.61 Å². The number of rotatable bonds is 1. The lowest BCUT2D eigenvalue weighted by Gasteiger charge is -2.32. The van der Waals surface area contributed by atoms with Gasteiger partial charge in [0.25, 0.3) is 0 Å². The van der Waals surface area contributed by atoms with E-state index < -0.39 is 23.6 Å². The maximum absolute atomic E-state index is 11.2. The third kappa shape index (κ3) is 1.74. The molecular formula is C8H13NO4. The van der Waals surface area contributed by atoms with Gasteiger partial charge in [0.2, 0.25) is 0 Å². The highest BCUT2D eigenvalue weighted by atomic mass is 16.6. The molecule has 0 bridgehead atoms. The first-order chi connectivity index (χ1) is 5.84. The van der Waals surface area contributed by atoms with Crippen LogP contribution >= 0.6 is 0 Å². The Morgan fingerprint density at radius 3 is 2.46 bits per heavy atom. The highest BCUT2D eigenvalue weighted by Gasteiger charge is 2.44. The molecule has 0 radical (unpaired) electrons. The lowest BCUT2D eigenvalue weighted by molar-refractivity contribution is -0.142. The van der Waals surface area contributed by atoms with Crippen LogP contribution in [0.1, 0.15) is 20.8 Å². The summed E-state index contributed by atoms with van der Waals surface area (Å²) in [5.74, 6) is -1.03. The van der Waals surface area contributed by atoms with Crippen molar-refractivity contribution in [2.45, 2.75) is 32.4 Å². The quantitative estimate of drug-likeness (QED) is 0.655. The van der Waals surface area contributed by atoms with Crippen LogP contribution in [-0.2, 0) is 9.53 Å². The molecule has 0 aromatic carbocycles. The van der Waals surface area contributed by atoms with Crippen molar-refractivity contribution in [3.05, 3.63) is 0 Å². The van der Waals surface area contributed by atoms with Crippen molar-refractivity contribution in [2.75, 3.05) is 6.61 Å². The molecular weight excluding hydrogens is 174 g/mol. The normalized spacial score (nSPS) is 23.2. The third-order valence-electron chi connectivity index (χ3n) is 1.88. The van der Waals surface area contributed by atoms with Gasteiger partial charge in [-0.15, -0.1) is 0 Å². The average Bonchev–Trinajstić information content (AvgIpc) is 2.28. The molecule has 74 valence electrons. The van der Waals surface area contributed by atoms with Gasteiger partial charge in [-0.1, -0.05) is 0 Å². The Kier molecular flexibility index (Phi) is 2.19. The zero-order valence-electron chi connectivity index (χ0n) is 7.90. The number of carbonyl (C=O) groups is 2. The molecule has 13 heavy (non-hydrogen) atoms. The fourth-order valence-corrected chi connectivity index (χ4v) is 1.34. The topological polar surface area (TPSA) is 66.8 Å². The van der Waals surface area contributed by atoms with E-state index in [2.05, 4.69) is 4.74 Å². The monoisotopic (exact) mass is 187 g/mol. The zero-order chi connectivity index (χ0) is 10.2. The molecule has 1 aliphatic heterocycles. The first-order valence-corrected chi connectivity index (χ1v) is 4.03. The van der Waals surface area contributed by atoms with E-state index in [-0.39, 0.29) is 6.61 Å². The van der Waals surface area contributed by atoms with Gasteiger partial charge in [0.15, 0.2) is 6.04 Å². The highest BCUT2D eigenvalue weighted by Crippen LogP contribution is 2.23. The van der Waals surface area contributed by atoms with E-state index in [4.69, 9.17) is 5.11 Å². The molecule has 0 spiro atoms. The van der Waals surface area contributed by atoms with Crippen LogP contribution in [0.3, 0.4) is 0 Å². The van der Waals surface area contributed by atoms with Crippen molar-refractivity contribution in [3.63, 3.8) is 0 Å². The number of carboxylic acids is 1. The number of carbonyl (C=O) groups excluding carboxylic acids is 1. The van der Waals surface area contributed by atoms with Crippen LogP contribution in [0, 0.1) is 0 Å². The van der Waals surface area contributed by atoms with Gasteiger partial charge in [0.05, 0.1) is 0 Å². The maximum Gasteiger partial charge on any atom is 0.411 e. The Bertz CT molecular complexity index is 243. The van der Waals surface area contributed by atoms with E-state index in [1.165, 1.54) is 4.90 Å². The second-order valence-electron chi connectivity index (χ2n) is 3.97. The summed E-state index contributed by atoms with van der Waals surface area (Å²) in [6.45, 7) is 5.26. The van der Waals surface area contributed by atoms with Gasteiger partial charge in [-0.3, -0.25) is 4.90 Å². The largest absolute Gasteiger partial charge is 0.480 e. The van der Waals surface area contributed by atoms with Crippen LogP contribution in [0.25, 0.3) is 0 Å². The molecule has 1 atom stereocenters. The smallest absolute Gasteiger partial charge is 0.411 e. The van der Waals surface area contributed by atoms with Crippen LogP contribution in [0.5, 0.6) is 0 Å². The Hall–Kier alpha value is -1.26. The number of aliphatic carboxylic acids is 1. The third-order valence-corrected chi connectivity index (χ3v) is 1.88. The maximum atomic E-state index is 11.2. The van der Waals surface area contributed by atoms with Crippen molar-refractivity contribution in [1.29, 1.82) is 0 Å². The molecule has 1 unspecified atom stereocenters. The summed E-state index contributed by atoms with van der Waals surface area (Å²) in [7, 11) is 0. The van der Waals surface area contributed by atoms with Crippen molar-refractivity contribution < 1.29 is 19.4 Å². The Balaban J connectivity index is 2.90. The van der Waals surface area contributed by atoms with Gasteiger partial charge < -0.3 is 9.84 Å². The van der Waals surface area contributed by atoms with E-state index in [9.17, 15) is 9.59 Å².